The Bertz CT molecular complexity index is 600. The smallest absolute Gasteiger partial charge is 0.254 e. The van der Waals surface area contributed by atoms with E-state index in [1.165, 1.54) is 12.1 Å². The number of thiazole rings is 1. The molecule has 0 radical (unpaired) electrons. The van der Waals surface area contributed by atoms with Crippen LogP contribution in [0.1, 0.15) is 21.1 Å². The van der Waals surface area contributed by atoms with Crippen LogP contribution < -0.4 is 5.32 Å². The van der Waals surface area contributed by atoms with Crippen molar-refractivity contribution in [2.24, 2.45) is 0 Å². The highest BCUT2D eigenvalue weighted by atomic mass is 79.9. The summed E-state index contributed by atoms with van der Waals surface area (Å²) in [4.78, 5) is 16.1. The van der Waals surface area contributed by atoms with Gasteiger partial charge in [-0.3, -0.25) is 4.79 Å². The van der Waals surface area contributed by atoms with Crippen LogP contribution in [-0.4, -0.2) is 17.4 Å². The fourth-order valence-electron chi connectivity index (χ4n) is 1.60. The van der Waals surface area contributed by atoms with Crippen molar-refractivity contribution in [2.45, 2.75) is 13.3 Å². The van der Waals surface area contributed by atoms with Crippen LogP contribution in [0.2, 0.25) is 0 Å². The molecule has 100 valence electrons. The summed E-state index contributed by atoms with van der Waals surface area (Å²) in [6.07, 6.45) is 0.647. The molecule has 1 amide bonds. The first-order valence-electron chi connectivity index (χ1n) is 5.70. The van der Waals surface area contributed by atoms with Crippen LogP contribution in [-0.2, 0) is 6.42 Å². The Labute approximate surface area is 123 Å². The van der Waals surface area contributed by atoms with Gasteiger partial charge in [-0.2, -0.15) is 0 Å². The molecule has 1 aromatic heterocycles. The molecular weight excluding hydrogens is 331 g/mol. The molecule has 0 saturated heterocycles. The van der Waals surface area contributed by atoms with Gasteiger partial charge in [0.1, 0.15) is 5.82 Å². The monoisotopic (exact) mass is 342 g/mol. The number of nitrogens with one attached hydrogen (secondary N) is 1. The normalized spacial score (nSPS) is 10.5. The van der Waals surface area contributed by atoms with E-state index in [2.05, 4.69) is 26.2 Å². The van der Waals surface area contributed by atoms with Gasteiger partial charge in [0.05, 0.1) is 16.3 Å². The van der Waals surface area contributed by atoms with E-state index in [9.17, 15) is 9.18 Å². The Balaban J connectivity index is 1.90. The standard InChI is InChI=1S/C13H12BrFN2OS/c1-8-17-10(7-19-8)4-5-16-13(18)11-3-2-9(14)6-12(11)15/h2-3,6-7H,4-5H2,1H3,(H,16,18). The van der Waals surface area contributed by atoms with Gasteiger partial charge in [0.25, 0.3) is 5.91 Å². The quantitative estimate of drug-likeness (QED) is 0.925. The van der Waals surface area contributed by atoms with E-state index in [1.807, 2.05) is 12.3 Å². The lowest BCUT2D eigenvalue weighted by atomic mass is 10.2. The molecule has 0 aliphatic carbocycles. The lowest BCUT2D eigenvalue weighted by Gasteiger charge is -2.05. The fourth-order valence-corrected chi connectivity index (χ4v) is 2.58. The zero-order valence-electron chi connectivity index (χ0n) is 10.2. The zero-order valence-corrected chi connectivity index (χ0v) is 12.6. The summed E-state index contributed by atoms with van der Waals surface area (Å²) in [6.45, 7) is 2.38. The molecule has 0 unspecified atom stereocenters. The van der Waals surface area contributed by atoms with Crippen LogP contribution in [0.25, 0.3) is 0 Å². The van der Waals surface area contributed by atoms with Crippen molar-refractivity contribution in [3.63, 3.8) is 0 Å². The number of benzene rings is 1. The minimum atomic E-state index is -0.531. The zero-order chi connectivity index (χ0) is 13.8. The average molecular weight is 343 g/mol. The van der Waals surface area contributed by atoms with Gasteiger partial charge in [0.2, 0.25) is 0 Å². The molecule has 3 nitrogen and oxygen atoms in total. The molecule has 0 spiro atoms. The highest BCUT2D eigenvalue weighted by Crippen LogP contribution is 2.15. The third-order valence-corrected chi connectivity index (χ3v) is 3.82. The summed E-state index contributed by atoms with van der Waals surface area (Å²) in [5, 5.41) is 5.65. The molecule has 6 heteroatoms. The maximum absolute atomic E-state index is 13.6. The molecule has 19 heavy (non-hydrogen) atoms. The van der Waals surface area contributed by atoms with Gasteiger partial charge in [-0.05, 0) is 25.1 Å². The van der Waals surface area contributed by atoms with Gasteiger partial charge in [0.15, 0.2) is 0 Å². The first-order valence-corrected chi connectivity index (χ1v) is 7.38. The lowest BCUT2D eigenvalue weighted by Crippen LogP contribution is -2.26. The van der Waals surface area contributed by atoms with Crippen molar-refractivity contribution in [1.29, 1.82) is 0 Å². The topological polar surface area (TPSA) is 42.0 Å². The maximum Gasteiger partial charge on any atom is 0.254 e. The largest absolute Gasteiger partial charge is 0.352 e. The third kappa shape index (κ3) is 3.84. The molecule has 0 aliphatic heterocycles. The van der Waals surface area contributed by atoms with Crippen LogP contribution in [0.3, 0.4) is 0 Å². The molecule has 2 aromatic rings. The lowest BCUT2D eigenvalue weighted by molar-refractivity contribution is 0.0950. The summed E-state index contributed by atoms with van der Waals surface area (Å²) in [5.41, 5.74) is 0.997. The number of rotatable bonds is 4. The number of carbonyl (C=O) groups excluding carboxylic acids is 1. The number of carbonyl (C=O) groups is 1. The van der Waals surface area contributed by atoms with Gasteiger partial charge >= 0.3 is 0 Å². The predicted octanol–water partition coefficient (Wildman–Crippen LogP) is 3.33. The molecular formula is C13H12BrFN2OS. The predicted molar refractivity (Wildman–Crippen MR) is 77.0 cm³/mol. The maximum atomic E-state index is 13.6. The van der Waals surface area contributed by atoms with Crippen LogP contribution in [0.4, 0.5) is 4.39 Å². The number of hydrogen-bond donors (Lipinski definition) is 1. The second kappa shape index (κ2) is 6.25. The molecule has 1 heterocycles. The van der Waals surface area contributed by atoms with Gasteiger partial charge in [0, 0.05) is 22.8 Å². The van der Waals surface area contributed by atoms with Crippen molar-refractivity contribution < 1.29 is 9.18 Å². The van der Waals surface area contributed by atoms with E-state index >= 15 is 0 Å². The number of amides is 1. The van der Waals surface area contributed by atoms with Crippen LogP contribution in [0.15, 0.2) is 28.1 Å². The highest BCUT2D eigenvalue weighted by molar-refractivity contribution is 9.10. The molecule has 1 aromatic carbocycles. The van der Waals surface area contributed by atoms with E-state index in [0.717, 1.165) is 10.7 Å². The average Bonchev–Trinajstić information content (AvgIpc) is 2.75. The summed E-state index contributed by atoms with van der Waals surface area (Å²) >= 11 is 4.73. The second-order valence-corrected chi connectivity index (χ2v) is 5.97. The molecule has 2 rings (SSSR count). The van der Waals surface area contributed by atoms with Crippen molar-refractivity contribution in [3.8, 4) is 0 Å². The molecule has 0 aliphatic rings. The van der Waals surface area contributed by atoms with Crippen LogP contribution >= 0.6 is 27.3 Å². The Morgan fingerprint density at radius 1 is 1.53 bits per heavy atom. The summed E-state index contributed by atoms with van der Waals surface area (Å²) in [5.74, 6) is -0.937. The summed E-state index contributed by atoms with van der Waals surface area (Å²) < 4.78 is 14.2. The minimum absolute atomic E-state index is 0.0534. The van der Waals surface area contributed by atoms with Gasteiger partial charge in [-0.1, -0.05) is 15.9 Å². The first kappa shape index (κ1) is 14.1. The van der Waals surface area contributed by atoms with Crippen molar-refractivity contribution in [2.75, 3.05) is 6.54 Å². The molecule has 1 N–H and O–H groups in total. The van der Waals surface area contributed by atoms with E-state index < -0.39 is 11.7 Å². The van der Waals surface area contributed by atoms with Gasteiger partial charge in [-0.25, -0.2) is 9.37 Å². The number of halogens is 2. The highest BCUT2D eigenvalue weighted by Gasteiger charge is 2.11. The first-order chi connectivity index (χ1) is 9.06. The van der Waals surface area contributed by atoms with Crippen LogP contribution in [0.5, 0.6) is 0 Å². The number of nitrogens with zero attached hydrogens (tertiary/aromatic N) is 1. The Kier molecular flexibility index (Phi) is 4.66. The Morgan fingerprint density at radius 2 is 2.32 bits per heavy atom. The SMILES string of the molecule is Cc1nc(CCNC(=O)c2ccc(Br)cc2F)cs1. The van der Waals surface area contributed by atoms with E-state index in [0.29, 0.717) is 17.4 Å². The van der Waals surface area contributed by atoms with Crippen LogP contribution in [0, 0.1) is 12.7 Å². The number of hydrogen-bond acceptors (Lipinski definition) is 3. The van der Waals surface area contributed by atoms with Gasteiger partial charge in [-0.15, -0.1) is 11.3 Å². The van der Waals surface area contributed by atoms with Gasteiger partial charge < -0.3 is 5.32 Å². The molecule has 0 fully saturated rings. The molecule has 0 atom stereocenters. The summed E-state index contributed by atoms with van der Waals surface area (Å²) in [7, 11) is 0. The van der Waals surface area contributed by atoms with E-state index in [1.54, 1.807) is 17.4 Å². The third-order valence-electron chi connectivity index (χ3n) is 2.51. The molecule has 0 bridgehead atoms. The number of aromatic nitrogens is 1. The molecule has 0 saturated carbocycles. The summed E-state index contributed by atoms with van der Waals surface area (Å²) in [6, 6.07) is 4.38. The van der Waals surface area contributed by atoms with E-state index in [4.69, 9.17) is 0 Å². The Hall–Kier alpha value is -1.27. The minimum Gasteiger partial charge on any atom is -0.352 e. The van der Waals surface area contributed by atoms with Crippen molar-refractivity contribution in [3.05, 3.63) is 50.1 Å². The second-order valence-electron chi connectivity index (χ2n) is 3.99. The van der Waals surface area contributed by atoms with E-state index in [-0.39, 0.29) is 5.56 Å². The van der Waals surface area contributed by atoms with Crippen molar-refractivity contribution in [1.82, 2.24) is 10.3 Å². The fraction of sp³-hybridized carbons (Fsp3) is 0.231. The Morgan fingerprint density at radius 3 is 2.95 bits per heavy atom. The number of aryl methyl sites for hydroxylation is 1. The van der Waals surface area contributed by atoms with Crippen molar-refractivity contribution >= 4 is 33.2 Å².